The topological polar surface area (TPSA) is 89.3 Å². The van der Waals surface area contributed by atoms with Gasteiger partial charge in [-0.2, -0.15) is 0 Å². The van der Waals surface area contributed by atoms with Crippen molar-refractivity contribution < 1.29 is 14.3 Å². The van der Waals surface area contributed by atoms with Crippen molar-refractivity contribution in [3.63, 3.8) is 0 Å². The summed E-state index contributed by atoms with van der Waals surface area (Å²) in [5, 5.41) is 8.48. The van der Waals surface area contributed by atoms with Crippen molar-refractivity contribution in [2.45, 2.75) is 19.4 Å². The van der Waals surface area contributed by atoms with Gasteiger partial charge in [0, 0.05) is 12.5 Å². The zero-order valence-electron chi connectivity index (χ0n) is 6.65. The molecule has 0 fully saturated rings. The number of carbonyl (C=O) groups is 1. The molecule has 0 unspecified atom stereocenters. The van der Waals surface area contributed by atoms with E-state index in [2.05, 4.69) is 4.98 Å². The van der Waals surface area contributed by atoms with E-state index in [-0.39, 0.29) is 11.7 Å². The minimum absolute atomic E-state index is 0.0781. The summed E-state index contributed by atoms with van der Waals surface area (Å²) < 4.78 is 4.86. The number of nitrogens with two attached hydrogens (primary N) is 1. The highest BCUT2D eigenvalue weighted by atomic mass is 16.4. The number of carboxylic acid groups (broad SMARTS) is 1. The standard InChI is InChI=1S/C7H10N2O3/c1-4(8)2-6-9-5(3-12-6)7(10)11/h3-4H,2,8H2,1H3,(H,10,11)/t4-/m1/s1. The van der Waals surface area contributed by atoms with E-state index in [0.717, 1.165) is 6.26 Å². The van der Waals surface area contributed by atoms with Crippen LogP contribution in [-0.4, -0.2) is 22.1 Å². The lowest BCUT2D eigenvalue weighted by molar-refractivity contribution is 0.0690. The van der Waals surface area contributed by atoms with Gasteiger partial charge in [0.1, 0.15) is 6.26 Å². The van der Waals surface area contributed by atoms with E-state index in [0.29, 0.717) is 12.3 Å². The van der Waals surface area contributed by atoms with E-state index in [1.165, 1.54) is 0 Å². The second-order valence-corrected chi connectivity index (χ2v) is 2.61. The lowest BCUT2D eigenvalue weighted by Crippen LogP contribution is -2.18. The van der Waals surface area contributed by atoms with Gasteiger partial charge in [0.2, 0.25) is 0 Å². The van der Waals surface area contributed by atoms with Crippen molar-refractivity contribution in [3.8, 4) is 0 Å². The van der Waals surface area contributed by atoms with Gasteiger partial charge in [-0.25, -0.2) is 9.78 Å². The third-order valence-corrected chi connectivity index (χ3v) is 1.27. The molecule has 1 atom stereocenters. The van der Waals surface area contributed by atoms with Crippen LogP contribution < -0.4 is 5.73 Å². The molecule has 1 heterocycles. The third-order valence-electron chi connectivity index (χ3n) is 1.27. The Morgan fingerprint density at radius 3 is 3.00 bits per heavy atom. The summed E-state index contributed by atoms with van der Waals surface area (Å²) in [7, 11) is 0. The summed E-state index contributed by atoms with van der Waals surface area (Å²) in [4.78, 5) is 14.0. The molecule has 0 saturated heterocycles. The first kappa shape index (κ1) is 8.73. The Hall–Kier alpha value is -1.36. The van der Waals surface area contributed by atoms with Crippen LogP contribution in [0.2, 0.25) is 0 Å². The largest absolute Gasteiger partial charge is 0.476 e. The van der Waals surface area contributed by atoms with E-state index in [1.54, 1.807) is 6.92 Å². The maximum absolute atomic E-state index is 10.3. The first-order valence-corrected chi connectivity index (χ1v) is 3.53. The molecule has 0 aliphatic rings. The molecule has 5 heteroatoms. The summed E-state index contributed by atoms with van der Waals surface area (Å²) in [6.45, 7) is 1.80. The molecule has 1 rings (SSSR count). The first-order chi connectivity index (χ1) is 5.59. The number of aromatic nitrogens is 1. The molecular weight excluding hydrogens is 160 g/mol. The van der Waals surface area contributed by atoms with Gasteiger partial charge in [0.15, 0.2) is 11.6 Å². The monoisotopic (exact) mass is 170 g/mol. The van der Waals surface area contributed by atoms with Crippen LogP contribution in [0.1, 0.15) is 23.3 Å². The molecule has 0 amide bonds. The molecule has 0 bridgehead atoms. The zero-order valence-corrected chi connectivity index (χ0v) is 6.65. The maximum Gasteiger partial charge on any atom is 0.357 e. The van der Waals surface area contributed by atoms with Crippen LogP contribution in [0.5, 0.6) is 0 Å². The fourth-order valence-electron chi connectivity index (χ4n) is 0.778. The van der Waals surface area contributed by atoms with Gasteiger partial charge in [-0.1, -0.05) is 0 Å². The summed E-state index contributed by atoms with van der Waals surface area (Å²) in [5.41, 5.74) is 5.38. The van der Waals surface area contributed by atoms with Crippen LogP contribution in [0.15, 0.2) is 10.7 Å². The van der Waals surface area contributed by atoms with Gasteiger partial charge in [-0.3, -0.25) is 0 Å². The smallest absolute Gasteiger partial charge is 0.357 e. The molecule has 5 nitrogen and oxygen atoms in total. The van der Waals surface area contributed by atoms with Crippen LogP contribution in [-0.2, 0) is 6.42 Å². The highest BCUT2D eigenvalue weighted by molar-refractivity contribution is 5.84. The van der Waals surface area contributed by atoms with E-state index in [9.17, 15) is 4.79 Å². The molecule has 0 saturated carbocycles. The predicted octanol–water partition coefficient (Wildman–Crippen LogP) is 0.262. The van der Waals surface area contributed by atoms with Gasteiger partial charge in [-0.15, -0.1) is 0 Å². The molecule has 1 aromatic rings. The molecule has 12 heavy (non-hydrogen) atoms. The van der Waals surface area contributed by atoms with Crippen LogP contribution in [0.3, 0.4) is 0 Å². The Morgan fingerprint density at radius 1 is 1.92 bits per heavy atom. The van der Waals surface area contributed by atoms with Crippen molar-refractivity contribution in [1.29, 1.82) is 0 Å². The number of carboxylic acids is 1. The molecule has 66 valence electrons. The number of nitrogens with zero attached hydrogens (tertiary/aromatic N) is 1. The maximum atomic E-state index is 10.3. The fourth-order valence-corrected chi connectivity index (χ4v) is 0.778. The molecule has 1 aromatic heterocycles. The Bertz CT molecular complexity index is 280. The molecule has 0 aromatic carbocycles. The van der Waals surface area contributed by atoms with Gasteiger partial charge >= 0.3 is 5.97 Å². The fraction of sp³-hybridized carbons (Fsp3) is 0.429. The van der Waals surface area contributed by atoms with Crippen molar-refractivity contribution >= 4 is 5.97 Å². The Labute approximate surface area is 69.2 Å². The average Bonchev–Trinajstić information content (AvgIpc) is 2.34. The molecule has 0 spiro atoms. The number of hydrogen-bond acceptors (Lipinski definition) is 4. The van der Waals surface area contributed by atoms with Crippen molar-refractivity contribution in [1.82, 2.24) is 4.98 Å². The lowest BCUT2D eigenvalue weighted by atomic mass is 10.2. The van der Waals surface area contributed by atoms with Crippen molar-refractivity contribution in [2.75, 3.05) is 0 Å². The van der Waals surface area contributed by atoms with Crippen LogP contribution in [0, 0.1) is 0 Å². The Balaban J connectivity index is 2.71. The molecule has 0 aliphatic carbocycles. The van der Waals surface area contributed by atoms with E-state index in [4.69, 9.17) is 15.3 Å². The molecule has 3 N–H and O–H groups in total. The van der Waals surface area contributed by atoms with Crippen LogP contribution in [0.4, 0.5) is 0 Å². The van der Waals surface area contributed by atoms with E-state index in [1.807, 2.05) is 0 Å². The van der Waals surface area contributed by atoms with E-state index >= 15 is 0 Å². The molecule has 0 radical (unpaired) electrons. The SMILES string of the molecule is C[C@@H](N)Cc1nc(C(=O)O)co1. The second kappa shape index (κ2) is 3.36. The average molecular weight is 170 g/mol. The quantitative estimate of drug-likeness (QED) is 0.679. The number of oxazole rings is 1. The predicted molar refractivity (Wildman–Crippen MR) is 40.8 cm³/mol. The van der Waals surface area contributed by atoms with Crippen LogP contribution >= 0.6 is 0 Å². The van der Waals surface area contributed by atoms with Gasteiger partial charge in [0.05, 0.1) is 0 Å². The summed E-state index contributed by atoms with van der Waals surface area (Å²) in [5.74, 6) is -0.725. The molecular formula is C7H10N2O3. The third kappa shape index (κ3) is 2.06. The van der Waals surface area contributed by atoms with Gasteiger partial charge in [-0.05, 0) is 6.92 Å². The summed E-state index contributed by atoms with van der Waals surface area (Å²) >= 11 is 0. The highest BCUT2D eigenvalue weighted by Gasteiger charge is 2.10. The number of aromatic carboxylic acids is 1. The highest BCUT2D eigenvalue weighted by Crippen LogP contribution is 2.03. The van der Waals surface area contributed by atoms with Crippen molar-refractivity contribution in [3.05, 3.63) is 17.8 Å². The minimum Gasteiger partial charge on any atom is -0.476 e. The number of rotatable bonds is 3. The summed E-state index contributed by atoms with van der Waals surface area (Å²) in [6.07, 6.45) is 1.56. The minimum atomic E-state index is -1.09. The Morgan fingerprint density at radius 2 is 2.58 bits per heavy atom. The van der Waals surface area contributed by atoms with Crippen LogP contribution in [0.25, 0.3) is 0 Å². The number of hydrogen-bond donors (Lipinski definition) is 2. The van der Waals surface area contributed by atoms with Crippen molar-refractivity contribution in [2.24, 2.45) is 5.73 Å². The Kier molecular flexibility index (Phi) is 2.44. The second-order valence-electron chi connectivity index (χ2n) is 2.61. The lowest BCUT2D eigenvalue weighted by Gasteiger charge is -1.97. The van der Waals surface area contributed by atoms with Gasteiger partial charge in [0.25, 0.3) is 0 Å². The molecule has 0 aliphatic heterocycles. The first-order valence-electron chi connectivity index (χ1n) is 3.53. The zero-order chi connectivity index (χ0) is 9.14. The summed E-state index contributed by atoms with van der Waals surface area (Å²) in [6, 6.07) is -0.0784. The van der Waals surface area contributed by atoms with E-state index < -0.39 is 5.97 Å². The van der Waals surface area contributed by atoms with Gasteiger partial charge < -0.3 is 15.3 Å². The normalized spacial score (nSPS) is 12.8.